The van der Waals surface area contributed by atoms with Crippen molar-refractivity contribution in [3.63, 3.8) is 0 Å². The largest absolute Gasteiger partial charge is 0.352 e. The van der Waals surface area contributed by atoms with E-state index < -0.39 is 28.5 Å². The van der Waals surface area contributed by atoms with Gasteiger partial charge in [0.1, 0.15) is 12.6 Å². The van der Waals surface area contributed by atoms with Gasteiger partial charge in [0.15, 0.2) is 0 Å². The fraction of sp³-hybridized carbons (Fsp3) is 0.297. The first-order valence-corrected chi connectivity index (χ1v) is 17.3. The van der Waals surface area contributed by atoms with Gasteiger partial charge in [-0.05, 0) is 86.7 Å². The van der Waals surface area contributed by atoms with Crippen LogP contribution in [-0.2, 0) is 32.6 Å². The lowest BCUT2D eigenvalue weighted by molar-refractivity contribution is -0.140. The molecule has 4 rings (SSSR count). The van der Waals surface area contributed by atoms with Crippen molar-refractivity contribution in [2.75, 3.05) is 10.8 Å². The van der Waals surface area contributed by atoms with Crippen LogP contribution in [0.1, 0.15) is 48.1 Å². The molecule has 46 heavy (non-hydrogen) atoms. The Hall–Kier alpha value is -4.14. The first kappa shape index (κ1) is 34.7. The van der Waals surface area contributed by atoms with Crippen LogP contribution < -0.4 is 9.62 Å². The van der Waals surface area contributed by atoms with E-state index in [1.54, 1.807) is 60.7 Å². The van der Waals surface area contributed by atoms with Gasteiger partial charge in [-0.25, -0.2) is 8.42 Å². The SMILES string of the molecule is CCC(C)NC(=O)C(Cc1ccccc1)N(Cc1ccc(Cl)cc1)C(=O)CN(c1cccc(C)c1C)S(=O)(=O)c1ccc(C)cc1. The van der Waals surface area contributed by atoms with Crippen molar-refractivity contribution in [2.24, 2.45) is 0 Å². The molecular weight excluding hydrogens is 618 g/mol. The number of nitrogens with zero attached hydrogens (tertiary/aromatic N) is 2. The number of hydrogen-bond donors (Lipinski definition) is 1. The number of sulfonamides is 1. The van der Waals surface area contributed by atoms with Gasteiger partial charge in [-0.1, -0.05) is 90.8 Å². The number of nitrogens with one attached hydrogen (secondary N) is 1. The van der Waals surface area contributed by atoms with Gasteiger partial charge in [0.25, 0.3) is 10.0 Å². The summed E-state index contributed by atoms with van der Waals surface area (Å²) >= 11 is 6.17. The Morgan fingerprint density at radius 1 is 0.826 bits per heavy atom. The molecule has 4 aromatic carbocycles. The van der Waals surface area contributed by atoms with Gasteiger partial charge in [0.05, 0.1) is 10.6 Å². The lowest BCUT2D eigenvalue weighted by Crippen LogP contribution is -2.54. The number of carbonyl (C=O) groups is 2. The molecule has 2 atom stereocenters. The molecule has 0 aliphatic heterocycles. The zero-order valence-electron chi connectivity index (χ0n) is 27.0. The van der Waals surface area contributed by atoms with Crippen LogP contribution in [0.25, 0.3) is 0 Å². The number of carbonyl (C=O) groups excluding carboxylic acids is 2. The van der Waals surface area contributed by atoms with Gasteiger partial charge in [-0.3, -0.25) is 13.9 Å². The molecule has 1 N–H and O–H groups in total. The van der Waals surface area contributed by atoms with Gasteiger partial charge in [-0.15, -0.1) is 0 Å². The molecule has 0 bridgehead atoms. The fourth-order valence-corrected chi connectivity index (χ4v) is 6.74. The summed E-state index contributed by atoms with van der Waals surface area (Å²) in [5.74, 6) is -0.813. The summed E-state index contributed by atoms with van der Waals surface area (Å²) in [4.78, 5) is 30.2. The Morgan fingerprint density at radius 2 is 1.48 bits per heavy atom. The molecule has 9 heteroatoms. The summed E-state index contributed by atoms with van der Waals surface area (Å²) in [6.07, 6.45) is 0.959. The third-order valence-corrected chi connectivity index (χ3v) is 10.3. The van der Waals surface area contributed by atoms with Crippen LogP contribution in [0.3, 0.4) is 0 Å². The van der Waals surface area contributed by atoms with Crippen molar-refractivity contribution in [1.29, 1.82) is 0 Å². The first-order chi connectivity index (χ1) is 21.9. The second-order valence-corrected chi connectivity index (χ2v) is 14.0. The van der Waals surface area contributed by atoms with E-state index in [4.69, 9.17) is 11.6 Å². The highest BCUT2D eigenvalue weighted by atomic mass is 35.5. The number of amides is 2. The van der Waals surface area contributed by atoms with Crippen LogP contribution in [0, 0.1) is 20.8 Å². The van der Waals surface area contributed by atoms with Crippen LogP contribution >= 0.6 is 11.6 Å². The average Bonchev–Trinajstić information content (AvgIpc) is 3.04. The summed E-state index contributed by atoms with van der Waals surface area (Å²) in [5.41, 5.74) is 4.58. The topological polar surface area (TPSA) is 86.8 Å². The third-order valence-electron chi connectivity index (χ3n) is 8.27. The van der Waals surface area contributed by atoms with Gasteiger partial charge < -0.3 is 10.2 Å². The highest BCUT2D eigenvalue weighted by Crippen LogP contribution is 2.29. The van der Waals surface area contributed by atoms with Crippen LogP contribution in [0.5, 0.6) is 0 Å². The minimum absolute atomic E-state index is 0.0754. The van der Waals surface area contributed by atoms with Crippen molar-refractivity contribution in [3.05, 3.63) is 130 Å². The lowest BCUT2D eigenvalue weighted by atomic mass is 10.0. The van der Waals surface area contributed by atoms with Crippen molar-refractivity contribution in [1.82, 2.24) is 10.2 Å². The van der Waals surface area contributed by atoms with Gasteiger partial charge >= 0.3 is 0 Å². The highest BCUT2D eigenvalue weighted by molar-refractivity contribution is 7.92. The molecule has 0 aromatic heterocycles. The van der Waals surface area contributed by atoms with E-state index in [1.807, 2.05) is 71.0 Å². The highest BCUT2D eigenvalue weighted by Gasteiger charge is 2.35. The summed E-state index contributed by atoms with van der Waals surface area (Å²) in [5, 5.41) is 3.60. The number of hydrogen-bond acceptors (Lipinski definition) is 4. The second kappa shape index (κ2) is 15.4. The maximum Gasteiger partial charge on any atom is 0.264 e. The van der Waals surface area contributed by atoms with E-state index in [9.17, 15) is 18.0 Å². The molecule has 0 saturated carbocycles. The third kappa shape index (κ3) is 8.56. The smallest absolute Gasteiger partial charge is 0.264 e. The maximum atomic E-state index is 14.6. The molecule has 0 aliphatic carbocycles. The zero-order chi connectivity index (χ0) is 33.4. The fourth-order valence-electron chi connectivity index (χ4n) is 5.14. The van der Waals surface area contributed by atoms with E-state index in [1.165, 1.54) is 9.21 Å². The molecule has 0 heterocycles. The maximum absolute atomic E-state index is 14.6. The normalized spacial score (nSPS) is 12.7. The Balaban J connectivity index is 1.83. The number of rotatable bonds is 13. The molecule has 2 unspecified atom stereocenters. The van der Waals surface area contributed by atoms with E-state index in [0.29, 0.717) is 17.1 Å². The van der Waals surface area contributed by atoms with E-state index in [-0.39, 0.29) is 29.8 Å². The number of anilines is 1. The predicted octanol–water partition coefficient (Wildman–Crippen LogP) is 7.02. The number of halogens is 1. The molecule has 0 fully saturated rings. The van der Waals surface area contributed by atoms with Crippen molar-refractivity contribution in [2.45, 2.75) is 71.0 Å². The summed E-state index contributed by atoms with van der Waals surface area (Å²) in [6, 6.07) is 27.5. The molecule has 2 amide bonds. The van der Waals surface area contributed by atoms with Gasteiger partial charge in [0, 0.05) is 24.0 Å². The molecule has 4 aromatic rings. The summed E-state index contributed by atoms with van der Waals surface area (Å²) in [7, 11) is -4.18. The average molecular weight is 660 g/mol. The van der Waals surface area contributed by atoms with Crippen LogP contribution in [0.4, 0.5) is 5.69 Å². The monoisotopic (exact) mass is 659 g/mol. The Morgan fingerprint density at radius 3 is 2.11 bits per heavy atom. The molecular formula is C37H42ClN3O4S. The summed E-state index contributed by atoms with van der Waals surface area (Å²) < 4.78 is 29.8. The first-order valence-electron chi connectivity index (χ1n) is 15.4. The van der Waals surface area contributed by atoms with Crippen molar-refractivity contribution in [3.8, 4) is 0 Å². The molecule has 0 spiro atoms. The molecule has 0 aliphatic rings. The van der Waals surface area contributed by atoms with Gasteiger partial charge in [-0.2, -0.15) is 0 Å². The number of benzene rings is 4. The molecule has 242 valence electrons. The quantitative estimate of drug-likeness (QED) is 0.167. The standard InChI is InChI=1S/C37H42ClN3O4S/c1-6-28(4)39-37(43)35(23-30-12-8-7-9-13-30)40(24-31-17-19-32(38)20-18-31)36(42)25-41(34-14-10-11-27(3)29(34)5)46(44,45)33-21-15-26(2)16-22-33/h7-22,28,35H,6,23-25H2,1-5H3,(H,39,43). The summed E-state index contributed by atoms with van der Waals surface area (Å²) in [6.45, 7) is 9.09. The number of aryl methyl sites for hydroxylation is 2. The Kier molecular flexibility index (Phi) is 11.7. The van der Waals surface area contributed by atoms with Crippen molar-refractivity contribution < 1.29 is 18.0 Å². The minimum atomic E-state index is -4.18. The van der Waals surface area contributed by atoms with Gasteiger partial charge in [0.2, 0.25) is 11.8 Å². The van der Waals surface area contributed by atoms with Crippen LogP contribution in [0.15, 0.2) is 102 Å². The second-order valence-electron chi connectivity index (χ2n) is 11.7. The zero-order valence-corrected chi connectivity index (χ0v) is 28.6. The molecule has 0 saturated heterocycles. The predicted molar refractivity (Wildman–Crippen MR) is 185 cm³/mol. The van der Waals surface area contributed by atoms with Crippen LogP contribution in [0.2, 0.25) is 5.02 Å². The van der Waals surface area contributed by atoms with E-state index >= 15 is 0 Å². The van der Waals surface area contributed by atoms with E-state index in [2.05, 4.69) is 5.32 Å². The minimum Gasteiger partial charge on any atom is -0.352 e. The molecule has 0 radical (unpaired) electrons. The van der Waals surface area contributed by atoms with E-state index in [0.717, 1.165) is 27.8 Å². The molecule has 7 nitrogen and oxygen atoms in total. The van der Waals surface area contributed by atoms with Crippen LogP contribution in [-0.4, -0.2) is 43.8 Å². The Bertz CT molecular complexity index is 1740. The van der Waals surface area contributed by atoms with Crippen molar-refractivity contribution >= 4 is 39.1 Å². The Labute approximate surface area is 278 Å². The lowest BCUT2D eigenvalue weighted by Gasteiger charge is -2.34.